The van der Waals surface area contributed by atoms with Crippen molar-refractivity contribution in [3.05, 3.63) is 40.4 Å². The predicted octanol–water partition coefficient (Wildman–Crippen LogP) is 1.88. The van der Waals surface area contributed by atoms with Crippen LogP contribution in [0.1, 0.15) is 12.8 Å². The second-order valence-corrected chi connectivity index (χ2v) is 4.76. The first kappa shape index (κ1) is 12.7. The lowest BCUT2D eigenvalue weighted by Crippen LogP contribution is -2.24. The Labute approximate surface area is 114 Å². The predicted molar refractivity (Wildman–Crippen MR) is 73.4 cm³/mol. The van der Waals surface area contributed by atoms with E-state index in [0.29, 0.717) is 5.95 Å². The number of hydrogen-bond acceptors (Lipinski definition) is 4. The molecule has 0 aliphatic carbocycles. The number of aromatic nitrogens is 2. The van der Waals surface area contributed by atoms with E-state index in [1.807, 2.05) is 4.90 Å². The van der Waals surface area contributed by atoms with Crippen LogP contribution in [0.2, 0.25) is 0 Å². The third kappa shape index (κ3) is 2.13. The van der Waals surface area contributed by atoms with E-state index in [1.165, 1.54) is 18.2 Å². The molecule has 1 aromatic carbocycles. The van der Waals surface area contributed by atoms with Gasteiger partial charge in [0.25, 0.3) is 5.56 Å². The lowest BCUT2D eigenvalue weighted by molar-refractivity contribution is 0.452. The molecule has 0 atom stereocenters. The first-order valence-corrected chi connectivity index (χ1v) is 6.50. The zero-order valence-corrected chi connectivity index (χ0v) is 10.8. The molecule has 1 aliphatic rings. The van der Waals surface area contributed by atoms with Gasteiger partial charge in [-0.2, -0.15) is 4.98 Å². The maximum absolute atomic E-state index is 13.7. The lowest BCUT2D eigenvalue weighted by atomic mass is 10.1. The summed E-state index contributed by atoms with van der Waals surface area (Å²) in [7, 11) is 0. The number of anilines is 1. The molecule has 104 valence electrons. The lowest BCUT2D eigenvalue weighted by Gasteiger charge is -2.16. The van der Waals surface area contributed by atoms with Crippen molar-refractivity contribution in [1.82, 2.24) is 9.97 Å². The van der Waals surface area contributed by atoms with Gasteiger partial charge >= 0.3 is 0 Å². The summed E-state index contributed by atoms with van der Waals surface area (Å²) in [6.45, 7) is 1.59. The van der Waals surface area contributed by atoms with E-state index in [-0.39, 0.29) is 11.1 Å². The number of halogens is 1. The van der Waals surface area contributed by atoms with Crippen molar-refractivity contribution in [2.45, 2.75) is 12.8 Å². The average molecular weight is 275 g/mol. The fourth-order valence-electron chi connectivity index (χ4n) is 2.44. The highest BCUT2D eigenvalue weighted by Crippen LogP contribution is 2.27. The summed E-state index contributed by atoms with van der Waals surface area (Å²) in [5.41, 5.74) is -0.623. The van der Waals surface area contributed by atoms with E-state index >= 15 is 0 Å². The van der Waals surface area contributed by atoms with Crippen molar-refractivity contribution in [3.8, 4) is 17.0 Å². The number of hydrogen-bond donors (Lipinski definition) is 2. The number of aromatic amines is 1. The molecule has 0 saturated carbocycles. The number of benzene rings is 1. The third-order valence-corrected chi connectivity index (χ3v) is 3.44. The van der Waals surface area contributed by atoms with Crippen molar-refractivity contribution < 1.29 is 9.50 Å². The largest absolute Gasteiger partial charge is 0.493 e. The Morgan fingerprint density at radius 3 is 2.60 bits per heavy atom. The molecule has 0 amide bonds. The standard InChI is InChI=1S/C14H14FN3O2/c15-10-6-2-1-5-9(10)11-12(19)16-14(17-13(11)20)18-7-3-4-8-18/h1-2,5-6H,3-4,7-8H2,(H2,16,17,19,20). The fourth-order valence-corrected chi connectivity index (χ4v) is 2.44. The highest BCUT2D eigenvalue weighted by molar-refractivity contribution is 5.68. The van der Waals surface area contributed by atoms with Crippen LogP contribution in [0.25, 0.3) is 11.1 Å². The molecule has 2 heterocycles. The Balaban J connectivity index is 2.10. The van der Waals surface area contributed by atoms with Gasteiger partial charge in [0.2, 0.25) is 11.8 Å². The number of nitrogens with one attached hydrogen (secondary N) is 1. The van der Waals surface area contributed by atoms with Gasteiger partial charge in [-0.3, -0.25) is 9.78 Å². The average Bonchev–Trinajstić information content (AvgIpc) is 2.94. The first-order valence-electron chi connectivity index (χ1n) is 6.50. The van der Waals surface area contributed by atoms with Gasteiger partial charge in [0, 0.05) is 18.7 Å². The van der Waals surface area contributed by atoms with Crippen LogP contribution in [0, 0.1) is 5.82 Å². The van der Waals surface area contributed by atoms with Crippen LogP contribution in [0.3, 0.4) is 0 Å². The topological polar surface area (TPSA) is 69.2 Å². The van der Waals surface area contributed by atoms with E-state index in [1.54, 1.807) is 6.07 Å². The smallest absolute Gasteiger partial charge is 0.264 e. The van der Waals surface area contributed by atoms with Gasteiger partial charge in [-0.15, -0.1) is 0 Å². The van der Waals surface area contributed by atoms with Crippen LogP contribution in [-0.2, 0) is 0 Å². The summed E-state index contributed by atoms with van der Waals surface area (Å²) < 4.78 is 13.7. The van der Waals surface area contributed by atoms with Crippen LogP contribution in [0.15, 0.2) is 29.1 Å². The van der Waals surface area contributed by atoms with E-state index in [4.69, 9.17) is 0 Å². The summed E-state index contributed by atoms with van der Waals surface area (Å²) in [6, 6.07) is 5.81. The summed E-state index contributed by atoms with van der Waals surface area (Å²) in [5.74, 6) is -0.671. The molecule has 0 spiro atoms. The Bertz CT molecular complexity index is 693. The third-order valence-electron chi connectivity index (χ3n) is 3.44. The summed E-state index contributed by atoms with van der Waals surface area (Å²) in [6.07, 6.45) is 2.05. The van der Waals surface area contributed by atoms with Gasteiger partial charge in [0.05, 0.1) is 0 Å². The normalized spacial score (nSPS) is 14.8. The molecule has 0 radical (unpaired) electrons. The highest BCUT2D eigenvalue weighted by Gasteiger charge is 2.20. The van der Waals surface area contributed by atoms with E-state index in [9.17, 15) is 14.3 Å². The second-order valence-electron chi connectivity index (χ2n) is 4.76. The van der Waals surface area contributed by atoms with Crippen molar-refractivity contribution in [2.24, 2.45) is 0 Å². The molecule has 2 N–H and O–H groups in total. The van der Waals surface area contributed by atoms with Gasteiger partial charge in [-0.05, 0) is 18.9 Å². The van der Waals surface area contributed by atoms with Crippen LogP contribution < -0.4 is 10.5 Å². The van der Waals surface area contributed by atoms with Crippen LogP contribution in [-0.4, -0.2) is 28.2 Å². The molecule has 6 heteroatoms. The SMILES string of the molecule is O=c1[nH]c(N2CCCC2)nc(O)c1-c1ccccc1F. The summed E-state index contributed by atoms with van der Waals surface area (Å²) in [4.78, 5) is 20.6. The number of nitrogens with zero attached hydrogens (tertiary/aromatic N) is 2. The van der Waals surface area contributed by atoms with Gasteiger partial charge in [-0.1, -0.05) is 18.2 Å². The quantitative estimate of drug-likeness (QED) is 0.878. The van der Waals surface area contributed by atoms with E-state index in [2.05, 4.69) is 9.97 Å². The number of H-pyrrole nitrogens is 1. The van der Waals surface area contributed by atoms with Gasteiger partial charge < -0.3 is 10.0 Å². The summed E-state index contributed by atoms with van der Waals surface area (Å²) in [5, 5.41) is 9.99. The molecular weight excluding hydrogens is 261 g/mol. The molecule has 1 aromatic heterocycles. The van der Waals surface area contributed by atoms with Gasteiger partial charge in [0.15, 0.2) is 0 Å². The van der Waals surface area contributed by atoms with Crippen molar-refractivity contribution in [2.75, 3.05) is 18.0 Å². The van der Waals surface area contributed by atoms with Gasteiger partial charge in [-0.25, -0.2) is 4.39 Å². The molecule has 2 aromatic rings. The maximum atomic E-state index is 13.7. The fraction of sp³-hybridized carbons (Fsp3) is 0.286. The minimum absolute atomic E-state index is 0.0479. The maximum Gasteiger partial charge on any atom is 0.264 e. The molecule has 0 bridgehead atoms. The monoisotopic (exact) mass is 275 g/mol. The van der Waals surface area contributed by atoms with Crippen molar-refractivity contribution in [1.29, 1.82) is 0 Å². The minimum Gasteiger partial charge on any atom is -0.493 e. The molecule has 3 rings (SSSR count). The highest BCUT2D eigenvalue weighted by atomic mass is 19.1. The number of aromatic hydroxyl groups is 1. The Kier molecular flexibility index (Phi) is 3.14. The first-order chi connectivity index (χ1) is 9.66. The Morgan fingerprint density at radius 2 is 1.95 bits per heavy atom. The number of rotatable bonds is 2. The molecule has 0 unspecified atom stereocenters. The van der Waals surface area contributed by atoms with Crippen molar-refractivity contribution >= 4 is 5.95 Å². The Hall–Kier alpha value is -2.37. The minimum atomic E-state index is -0.566. The van der Waals surface area contributed by atoms with Gasteiger partial charge in [0.1, 0.15) is 11.4 Å². The van der Waals surface area contributed by atoms with E-state index in [0.717, 1.165) is 25.9 Å². The van der Waals surface area contributed by atoms with E-state index < -0.39 is 17.3 Å². The zero-order chi connectivity index (χ0) is 14.1. The molecule has 1 aliphatic heterocycles. The molecule has 1 saturated heterocycles. The van der Waals surface area contributed by atoms with Crippen molar-refractivity contribution in [3.63, 3.8) is 0 Å². The molecular formula is C14H14FN3O2. The summed E-state index contributed by atoms with van der Waals surface area (Å²) >= 11 is 0. The Morgan fingerprint density at radius 1 is 1.25 bits per heavy atom. The molecule has 20 heavy (non-hydrogen) atoms. The zero-order valence-electron chi connectivity index (χ0n) is 10.8. The second kappa shape index (κ2) is 4.96. The van der Waals surface area contributed by atoms with Crippen LogP contribution in [0.4, 0.5) is 10.3 Å². The van der Waals surface area contributed by atoms with Crippen LogP contribution in [0.5, 0.6) is 5.88 Å². The molecule has 5 nitrogen and oxygen atoms in total. The van der Waals surface area contributed by atoms with Crippen LogP contribution >= 0.6 is 0 Å². The molecule has 1 fully saturated rings.